The van der Waals surface area contributed by atoms with E-state index in [4.69, 9.17) is 19.9 Å². The van der Waals surface area contributed by atoms with Gasteiger partial charge in [-0.1, -0.05) is 11.3 Å². The normalized spacial score (nSPS) is 16.7. The SMILES string of the molecule is COc1cc(-c2nnc(N3CCN(CCC(N)=O)CC3C)s2)cc(OC)c1OC.Cl. The van der Waals surface area contributed by atoms with Gasteiger partial charge in [-0.3, -0.25) is 9.69 Å². The lowest BCUT2D eigenvalue weighted by Gasteiger charge is -2.39. The molecule has 1 aliphatic rings. The zero-order valence-corrected chi connectivity index (χ0v) is 19.2. The van der Waals surface area contributed by atoms with E-state index in [0.29, 0.717) is 30.2 Å². The number of methoxy groups -OCH3 is 3. The standard InChI is InChI=1S/C19H27N5O4S.ClH/c1-12-11-23(6-5-16(20)25)7-8-24(12)19-22-21-18(29-19)13-9-14(26-2)17(28-4)15(10-13)27-3;/h9-10,12H,5-8,11H2,1-4H3,(H2,20,25);1H. The number of ether oxygens (including phenoxy) is 3. The molecule has 9 nitrogen and oxygen atoms in total. The third-order valence-corrected chi connectivity index (χ3v) is 5.97. The Bertz CT molecular complexity index is 840. The maximum Gasteiger partial charge on any atom is 0.218 e. The van der Waals surface area contributed by atoms with Crippen LogP contribution in [0.5, 0.6) is 17.2 Å². The number of piperazine rings is 1. The number of amides is 1. The third-order valence-electron chi connectivity index (χ3n) is 4.96. The van der Waals surface area contributed by atoms with E-state index >= 15 is 0 Å². The van der Waals surface area contributed by atoms with Crippen LogP contribution in [0.25, 0.3) is 10.6 Å². The van der Waals surface area contributed by atoms with E-state index in [0.717, 1.165) is 35.3 Å². The van der Waals surface area contributed by atoms with Gasteiger partial charge in [0.05, 0.1) is 21.3 Å². The molecule has 1 atom stereocenters. The summed E-state index contributed by atoms with van der Waals surface area (Å²) in [4.78, 5) is 15.5. The summed E-state index contributed by atoms with van der Waals surface area (Å²) in [7, 11) is 4.76. The number of carbonyl (C=O) groups is 1. The van der Waals surface area contributed by atoms with Crippen molar-refractivity contribution in [2.24, 2.45) is 5.73 Å². The first-order valence-electron chi connectivity index (χ1n) is 9.38. The molecule has 1 unspecified atom stereocenters. The average molecular weight is 458 g/mol. The van der Waals surface area contributed by atoms with Crippen LogP contribution in [0.15, 0.2) is 12.1 Å². The summed E-state index contributed by atoms with van der Waals surface area (Å²) in [5.41, 5.74) is 6.12. The largest absolute Gasteiger partial charge is 0.493 e. The van der Waals surface area contributed by atoms with Crippen LogP contribution in [0.1, 0.15) is 13.3 Å². The number of primary amides is 1. The molecule has 0 bridgehead atoms. The summed E-state index contributed by atoms with van der Waals surface area (Å²) in [5.74, 6) is 1.44. The average Bonchev–Trinajstić information content (AvgIpc) is 3.21. The van der Waals surface area contributed by atoms with E-state index in [2.05, 4.69) is 26.9 Å². The fraction of sp³-hybridized carbons (Fsp3) is 0.526. The molecular weight excluding hydrogens is 430 g/mol. The van der Waals surface area contributed by atoms with Gasteiger partial charge in [0.1, 0.15) is 5.01 Å². The first-order valence-corrected chi connectivity index (χ1v) is 10.2. The van der Waals surface area contributed by atoms with Crippen LogP contribution in [0.2, 0.25) is 0 Å². The highest BCUT2D eigenvalue weighted by Crippen LogP contribution is 2.42. The molecule has 2 heterocycles. The fourth-order valence-electron chi connectivity index (χ4n) is 3.44. The summed E-state index contributed by atoms with van der Waals surface area (Å²) < 4.78 is 16.3. The Morgan fingerprint density at radius 3 is 2.37 bits per heavy atom. The zero-order chi connectivity index (χ0) is 21.0. The number of carbonyl (C=O) groups excluding carboxylic acids is 1. The van der Waals surface area contributed by atoms with E-state index in [1.165, 1.54) is 11.3 Å². The van der Waals surface area contributed by atoms with Gasteiger partial charge in [0.25, 0.3) is 0 Å². The van der Waals surface area contributed by atoms with Gasteiger partial charge in [0.15, 0.2) is 11.5 Å². The zero-order valence-electron chi connectivity index (χ0n) is 17.6. The molecule has 0 radical (unpaired) electrons. The van der Waals surface area contributed by atoms with Crippen molar-refractivity contribution < 1.29 is 19.0 Å². The van der Waals surface area contributed by atoms with Gasteiger partial charge < -0.3 is 24.8 Å². The highest BCUT2D eigenvalue weighted by molar-refractivity contribution is 7.18. The molecule has 1 fully saturated rings. The first kappa shape index (κ1) is 24.0. The van der Waals surface area contributed by atoms with Crippen LogP contribution in [0.4, 0.5) is 5.13 Å². The Balaban J connectivity index is 0.00000320. The van der Waals surface area contributed by atoms with Crippen LogP contribution >= 0.6 is 23.7 Å². The molecule has 1 aromatic heterocycles. The fourth-order valence-corrected chi connectivity index (χ4v) is 4.40. The Morgan fingerprint density at radius 1 is 1.17 bits per heavy atom. The lowest BCUT2D eigenvalue weighted by Crippen LogP contribution is -2.52. The number of halogens is 1. The van der Waals surface area contributed by atoms with Crippen molar-refractivity contribution in [3.63, 3.8) is 0 Å². The highest BCUT2D eigenvalue weighted by atomic mass is 35.5. The van der Waals surface area contributed by atoms with E-state index in [1.807, 2.05) is 12.1 Å². The minimum absolute atomic E-state index is 0. The second-order valence-electron chi connectivity index (χ2n) is 6.86. The minimum Gasteiger partial charge on any atom is -0.493 e. The van der Waals surface area contributed by atoms with E-state index < -0.39 is 0 Å². The molecule has 0 aliphatic carbocycles. The Kier molecular flexibility index (Phi) is 8.51. The maximum atomic E-state index is 11.0. The lowest BCUT2D eigenvalue weighted by molar-refractivity contribution is -0.118. The number of nitrogens with zero attached hydrogens (tertiary/aromatic N) is 4. The van der Waals surface area contributed by atoms with Gasteiger partial charge in [-0.05, 0) is 19.1 Å². The highest BCUT2D eigenvalue weighted by Gasteiger charge is 2.27. The van der Waals surface area contributed by atoms with Gasteiger partial charge in [0.2, 0.25) is 16.8 Å². The molecule has 11 heteroatoms. The Labute approximate surface area is 186 Å². The number of aromatic nitrogens is 2. The van der Waals surface area contributed by atoms with Crippen molar-refractivity contribution in [2.45, 2.75) is 19.4 Å². The number of hydrogen-bond acceptors (Lipinski definition) is 9. The topological polar surface area (TPSA) is 103 Å². The minimum atomic E-state index is -0.265. The summed E-state index contributed by atoms with van der Waals surface area (Å²) in [5, 5.41) is 10.4. The van der Waals surface area contributed by atoms with Crippen molar-refractivity contribution in [1.82, 2.24) is 15.1 Å². The number of hydrogen-bond donors (Lipinski definition) is 1. The predicted molar refractivity (Wildman–Crippen MR) is 119 cm³/mol. The van der Waals surface area contributed by atoms with Crippen LogP contribution in [-0.2, 0) is 4.79 Å². The lowest BCUT2D eigenvalue weighted by atomic mass is 10.2. The number of rotatable bonds is 8. The van der Waals surface area contributed by atoms with E-state index in [9.17, 15) is 4.79 Å². The number of anilines is 1. The summed E-state index contributed by atoms with van der Waals surface area (Å²) in [6, 6.07) is 4.01. The van der Waals surface area contributed by atoms with Gasteiger partial charge in [-0.2, -0.15) is 0 Å². The van der Waals surface area contributed by atoms with Gasteiger partial charge in [-0.25, -0.2) is 0 Å². The molecule has 1 aliphatic heterocycles. The third kappa shape index (κ3) is 5.24. The first-order chi connectivity index (χ1) is 14.0. The Hall–Kier alpha value is -2.30. The molecule has 2 N–H and O–H groups in total. The summed E-state index contributed by atoms with van der Waals surface area (Å²) >= 11 is 1.53. The number of benzene rings is 1. The van der Waals surface area contributed by atoms with Crippen LogP contribution in [0.3, 0.4) is 0 Å². The summed E-state index contributed by atoms with van der Waals surface area (Å²) in [6.07, 6.45) is 0.386. The molecule has 30 heavy (non-hydrogen) atoms. The Morgan fingerprint density at radius 2 is 1.83 bits per heavy atom. The molecule has 1 saturated heterocycles. The van der Waals surface area contributed by atoms with E-state index in [1.54, 1.807) is 21.3 Å². The van der Waals surface area contributed by atoms with Crippen LogP contribution in [-0.4, -0.2) is 74.6 Å². The van der Waals surface area contributed by atoms with Crippen molar-refractivity contribution in [2.75, 3.05) is 52.4 Å². The molecule has 2 aromatic rings. The molecular formula is C19H28ClN5O4S. The smallest absolute Gasteiger partial charge is 0.218 e. The second-order valence-corrected chi connectivity index (χ2v) is 7.82. The molecule has 1 amide bonds. The van der Waals surface area contributed by atoms with Gasteiger partial charge in [0, 0.05) is 44.2 Å². The summed E-state index contributed by atoms with van der Waals surface area (Å²) in [6.45, 7) is 5.38. The molecule has 0 saturated carbocycles. The van der Waals surface area contributed by atoms with Gasteiger partial charge in [-0.15, -0.1) is 22.6 Å². The van der Waals surface area contributed by atoms with Crippen molar-refractivity contribution in [3.8, 4) is 27.8 Å². The monoisotopic (exact) mass is 457 g/mol. The van der Waals surface area contributed by atoms with Crippen LogP contribution in [0, 0.1) is 0 Å². The quantitative estimate of drug-likeness (QED) is 0.642. The maximum absolute atomic E-state index is 11.0. The number of nitrogens with two attached hydrogens (primary N) is 1. The van der Waals surface area contributed by atoms with E-state index in [-0.39, 0.29) is 24.4 Å². The van der Waals surface area contributed by atoms with Crippen molar-refractivity contribution in [3.05, 3.63) is 12.1 Å². The molecule has 166 valence electrons. The predicted octanol–water partition coefficient (Wildman–Crippen LogP) is 2.04. The van der Waals surface area contributed by atoms with Crippen LogP contribution < -0.4 is 24.8 Å². The van der Waals surface area contributed by atoms with Crippen molar-refractivity contribution in [1.29, 1.82) is 0 Å². The molecule has 0 spiro atoms. The molecule has 1 aromatic carbocycles. The molecule has 3 rings (SSSR count). The van der Waals surface area contributed by atoms with Crippen molar-refractivity contribution >= 4 is 34.8 Å². The second kappa shape index (κ2) is 10.6. The van der Waals surface area contributed by atoms with Gasteiger partial charge >= 0.3 is 0 Å².